The van der Waals surface area contributed by atoms with E-state index in [9.17, 15) is 5.11 Å². The Morgan fingerprint density at radius 3 is 2.47 bits per heavy atom. The number of hydrogen-bond acceptors (Lipinski definition) is 3. The third kappa shape index (κ3) is 4.54. The average molecular weight is 232 g/mol. The molecule has 17 heavy (non-hydrogen) atoms. The van der Waals surface area contributed by atoms with Crippen LogP contribution in [0.2, 0.25) is 0 Å². The van der Waals surface area contributed by atoms with E-state index in [1.807, 2.05) is 13.8 Å². The zero-order valence-corrected chi connectivity index (χ0v) is 10.8. The Balaban J connectivity index is 2.64. The Labute approximate surface area is 103 Å². The molecule has 3 heteroatoms. The summed E-state index contributed by atoms with van der Waals surface area (Å²) in [6.07, 6.45) is 5.95. The topological polar surface area (TPSA) is 46.0 Å². The van der Waals surface area contributed by atoms with Gasteiger partial charge in [-0.3, -0.25) is 0 Å². The van der Waals surface area contributed by atoms with Crippen molar-refractivity contribution in [1.29, 1.82) is 0 Å². The van der Waals surface area contributed by atoms with Crippen molar-refractivity contribution in [3.63, 3.8) is 0 Å². The molecule has 1 heterocycles. The van der Waals surface area contributed by atoms with Gasteiger partial charge in [-0.1, -0.05) is 33.1 Å². The predicted molar refractivity (Wildman–Crippen MR) is 68.2 cm³/mol. The summed E-state index contributed by atoms with van der Waals surface area (Å²) >= 11 is 0. The highest BCUT2D eigenvalue weighted by atomic mass is 16.3. The Kier molecular flexibility index (Phi) is 5.65. The highest BCUT2D eigenvalue weighted by molar-refractivity contribution is 5.22. The zero-order chi connectivity index (χ0) is 12.7. The van der Waals surface area contributed by atoms with Crippen LogP contribution in [0.5, 0.6) is 0 Å². The third-order valence-electron chi connectivity index (χ3n) is 2.50. The van der Waals surface area contributed by atoms with E-state index < -0.39 is 6.10 Å². The van der Waals surface area contributed by atoms with Gasteiger partial charge in [0.1, 0.15) is 0 Å². The minimum atomic E-state index is -0.503. The van der Waals surface area contributed by atoms with Crippen LogP contribution >= 0.6 is 0 Å². The Morgan fingerprint density at radius 1 is 1.29 bits per heavy atom. The number of unbranched alkanes of at least 4 members (excludes halogenated alkanes) is 2. The van der Waals surface area contributed by atoms with Gasteiger partial charge in [0.25, 0.3) is 0 Å². The van der Waals surface area contributed by atoms with Crippen LogP contribution in [0, 0.1) is 17.8 Å². The first-order chi connectivity index (χ1) is 8.15. The van der Waals surface area contributed by atoms with Gasteiger partial charge in [-0.2, -0.15) is 0 Å². The van der Waals surface area contributed by atoms with Crippen molar-refractivity contribution >= 4 is 0 Å². The first-order valence-electron chi connectivity index (χ1n) is 6.14. The van der Waals surface area contributed by atoms with Gasteiger partial charge in [-0.15, -0.1) is 0 Å². The molecule has 1 aromatic heterocycles. The van der Waals surface area contributed by atoms with Crippen LogP contribution in [0.4, 0.5) is 0 Å². The van der Waals surface area contributed by atoms with Gasteiger partial charge in [0.15, 0.2) is 0 Å². The summed E-state index contributed by atoms with van der Waals surface area (Å²) in [5, 5.41) is 9.82. The number of rotatable bonds is 4. The van der Waals surface area contributed by atoms with Crippen molar-refractivity contribution in [2.75, 3.05) is 0 Å². The minimum Gasteiger partial charge on any atom is -0.388 e. The molecule has 3 nitrogen and oxygen atoms in total. The Hall–Kier alpha value is -1.40. The standard InChI is InChI=1S/C14H20N2O/c1-4-5-6-7-8-13-15-9-12(10-16-13)14(17)11(2)3/h9-11,14,17H,4-6H2,1-3H3. The molecule has 0 aliphatic rings. The van der Waals surface area contributed by atoms with Gasteiger partial charge in [-0.25, -0.2) is 9.97 Å². The molecular formula is C14H20N2O. The summed E-state index contributed by atoms with van der Waals surface area (Å²) in [5.74, 6) is 6.65. The van der Waals surface area contributed by atoms with Crippen molar-refractivity contribution in [3.8, 4) is 11.8 Å². The lowest BCUT2D eigenvalue weighted by molar-refractivity contribution is 0.126. The molecule has 0 saturated heterocycles. The molecule has 0 fully saturated rings. The predicted octanol–water partition coefficient (Wildman–Crippen LogP) is 2.71. The van der Waals surface area contributed by atoms with Crippen LogP contribution in [-0.2, 0) is 0 Å². The molecule has 0 spiro atoms. The van der Waals surface area contributed by atoms with Gasteiger partial charge in [0.05, 0.1) is 6.10 Å². The normalized spacial score (nSPS) is 12.1. The monoisotopic (exact) mass is 232 g/mol. The second kappa shape index (κ2) is 7.03. The van der Waals surface area contributed by atoms with Crippen LogP contribution in [0.3, 0.4) is 0 Å². The second-order valence-electron chi connectivity index (χ2n) is 4.43. The van der Waals surface area contributed by atoms with Gasteiger partial charge < -0.3 is 5.11 Å². The highest BCUT2D eigenvalue weighted by Crippen LogP contribution is 2.19. The van der Waals surface area contributed by atoms with E-state index in [1.54, 1.807) is 12.4 Å². The maximum atomic E-state index is 9.82. The molecule has 1 unspecified atom stereocenters. The fourth-order valence-electron chi connectivity index (χ4n) is 1.35. The van der Waals surface area contributed by atoms with E-state index in [1.165, 1.54) is 0 Å². The summed E-state index contributed by atoms with van der Waals surface area (Å²) in [4.78, 5) is 8.27. The number of aliphatic hydroxyl groups excluding tert-OH is 1. The zero-order valence-electron chi connectivity index (χ0n) is 10.8. The number of nitrogens with zero attached hydrogens (tertiary/aromatic N) is 2. The van der Waals surface area contributed by atoms with Crippen LogP contribution in [-0.4, -0.2) is 15.1 Å². The van der Waals surface area contributed by atoms with Crippen LogP contribution in [0.15, 0.2) is 12.4 Å². The van der Waals surface area contributed by atoms with E-state index in [0.717, 1.165) is 24.8 Å². The van der Waals surface area contributed by atoms with Crippen molar-refractivity contribution in [1.82, 2.24) is 9.97 Å². The summed E-state index contributed by atoms with van der Waals surface area (Å²) in [7, 11) is 0. The van der Waals surface area contributed by atoms with Gasteiger partial charge >= 0.3 is 0 Å². The molecule has 0 aliphatic heterocycles. The van der Waals surface area contributed by atoms with Crippen LogP contribution in [0.25, 0.3) is 0 Å². The van der Waals surface area contributed by atoms with E-state index in [0.29, 0.717) is 5.82 Å². The maximum Gasteiger partial charge on any atom is 0.204 e. The molecule has 92 valence electrons. The molecule has 1 atom stereocenters. The van der Waals surface area contributed by atoms with Crippen LogP contribution < -0.4 is 0 Å². The molecular weight excluding hydrogens is 212 g/mol. The fraction of sp³-hybridized carbons (Fsp3) is 0.571. The Morgan fingerprint density at radius 2 is 1.94 bits per heavy atom. The van der Waals surface area contributed by atoms with Crippen molar-refractivity contribution in [2.45, 2.75) is 46.1 Å². The smallest absolute Gasteiger partial charge is 0.204 e. The molecule has 1 N–H and O–H groups in total. The molecule has 0 radical (unpaired) electrons. The lowest BCUT2D eigenvalue weighted by Crippen LogP contribution is -2.06. The lowest BCUT2D eigenvalue weighted by Gasteiger charge is -2.13. The first-order valence-corrected chi connectivity index (χ1v) is 6.14. The maximum absolute atomic E-state index is 9.82. The van der Waals surface area contributed by atoms with Crippen molar-refractivity contribution < 1.29 is 5.11 Å². The SMILES string of the molecule is CCCCC#Cc1ncc(C(O)C(C)C)cn1. The van der Waals surface area contributed by atoms with Gasteiger partial charge in [0, 0.05) is 24.4 Å². The summed E-state index contributed by atoms with van der Waals surface area (Å²) in [6, 6.07) is 0. The van der Waals surface area contributed by atoms with E-state index in [4.69, 9.17) is 0 Å². The van der Waals surface area contributed by atoms with Gasteiger partial charge in [-0.05, 0) is 18.3 Å². The van der Waals surface area contributed by atoms with Crippen LogP contribution in [0.1, 0.15) is 57.5 Å². The molecule has 0 amide bonds. The summed E-state index contributed by atoms with van der Waals surface area (Å²) in [5.41, 5.74) is 0.749. The van der Waals surface area contributed by atoms with Gasteiger partial charge in [0.2, 0.25) is 5.82 Å². The number of aliphatic hydroxyl groups is 1. The molecule has 0 aliphatic carbocycles. The largest absolute Gasteiger partial charge is 0.388 e. The molecule has 0 aromatic carbocycles. The van der Waals surface area contributed by atoms with Crippen molar-refractivity contribution in [2.24, 2.45) is 5.92 Å². The Bertz CT molecular complexity index is 387. The lowest BCUT2D eigenvalue weighted by atomic mass is 10.0. The van der Waals surface area contributed by atoms with E-state index >= 15 is 0 Å². The van der Waals surface area contributed by atoms with E-state index in [-0.39, 0.29) is 5.92 Å². The minimum absolute atomic E-state index is 0.167. The van der Waals surface area contributed by atoms with Crippen molar-refractivity contribution in [3.05, 3.63) is 23.8 Å². The second-order valence-corrected chi connectivity index (χ2v) is 4.43. The molecule has 0 saturated carbocycles. The number of aromatic nitrogens is 2. The quantitative estimate of drug-likeness (QED) is 0.641. The highest BCUT2D eigenvalue weighted by Gasteiger charge is 2.12. The summed E-state index contributed by atoms with van der Waals surface area (Å²) < 4.78 is 0. The first kappa shape index (κ1) is 13.7. The summed E-state index contributed by atoms with van der Waals surface area (Å²) in [6.45, 7) is 6.06. The molecule has 1 rings (SSSR count). The third-order valence-corrected chi connectivity index (χ3v) is 2.50. The molecule has 0 bridgehead atoms. The fourth-order valence-corrected chi connectivity index (χ4v) is 1.35. The average Bonchev–Trinajstić information content (AvgIpc) is 2.34. The molecule has 1 aromatic rings. The number of hydrogen-bond donors (Lipinski definition) is 1. The van der Waals surface area contributed by atoms with E-state index in [2.05, 4.69) is 28.7 Å².